The van der Waals surface area contributed by atoms with Gasteiger partial charge in [-0.3, -0.25) is 9.59 Å². The van der Waals surface area contributed by atoms with Crippen LogP contribution in [-0.4, -0.2) is 41.6 Å². The number of allylic oxidation sites excluding steroid dienone is 1. The molecule has 0 aromatic rings. The zero-order chi connectivity index (χ0) is 26.8. The highest BCUT2D eigenvalue weighted by molar-refractivity contribution is 5.66. The van der Waals surface area contributed by atoms with Gasteiger partial charge < -0.3 is 19.3 Å². The van der Waals surface area contributed by atoms with Crippen LogP contribution in [0.1, 0.15) is 99.3 Å². The molecule has 0 unspecified atom stereocenters. The molecule has 5 aliphatic rings. The standard InChI is InChI=1S/C31H48O6/c1-18(17-35-20(3)32)9-14-31(34)19(2)28-27(37-31)16-26-24-8-7-22-15-23(36-21(4)33)10-12-29(22,5)25(24)11-13-30(26,28)6/h7,18-19,23-28,34H,8-17H2,1-6H3/t18-,19-,23-,24+,25-,26-,27-,28-,29-,30-,31+/m0/s1. The second-order valence-electron chi connectivity index (χ2n) is 13.8. The zero-order valence-corrected chi connectivity index (χ0v) is 23.8. The van der Waals surface area contributed by atoms with E-state index in [0.717, 1.165) is 38.5 Å². The number of ether oxygens (including phenoxy) is 3. The van der Waals surface area contributed by atoms with Crippen molar-refractivity contribution in [1.82, 2.24) is 0 Å². The smallest absolute Gasteiger partial charge is 0.302 e. The highest BCUT2D eigenvalue weighted by Crippen LogP contribution is 2.70. The van der Waals surface area contributed by atoms with Crippen LogP contribution in [0.15, 0.2) is 11.6 Å². The molecule has 0 radical (unpaired) electrons. The predicted molar refractivity (Wildman–Crippen MR) is 140 cm³/mol. The van der Waals surface area contributed by atoms with Gasteiger partial charge in [0.15, 0.2) is 5.79 Å². The van der Waals surface area contributed by atoms with Crippen molar-refractivity contribution >= 4 is 11.9 Å². The third-order valence-electron chi connectivity index (χ3n) is 11.6. The lowest BCUT2D eigenvalue weighted by Gasteiger charge is -2.58. The van der Waals surface area contributed by atoms with Crippen LogP contribution < -0.4 is 0 Å². The van der Waals surface area contributed by atoms with Gasteiger partial charge in [0.1, 0.15) is 6.10 Å². The van der Waals surface area contributed by atoms with Crippen LogP contribution in [0.5, 0.6) is 0 Å². The van der Waals surface area contributed by atoms with Crippen LogP contribution in [0.25, 0.3) is 0 Å². The summed E-state index contributed by atoms with van der Waals surface area (Å²) in [6.07, 6.45) is 11.6. The molecule has 0 bridgehead atoms. The Morgan fingerprint density at radius 2 is 1.92 bits per heavy atom. The van der Waals surface area contributed by atoms with Crippen molar-refractivity contribution in [3.05, 3.63) is 11.6 Å². The fourth-order valence-corrected chi connectivity index (χ4v) is 9.74. The lowest BCUT2D eigenvalue weighted by atomic mass is 9.47. The molecule has 3 saturated carbocycles. The molecule has 0 amide bonds. The largest absolute Gasteiger partial charge is 0.466 e. The van der Waals surface area contributed by atoms with E-state index in [-0.39, 0.29) is 46.8 Å². The maximum Gasteiger partial charge on any atom is 0.302 e. The number of aliphatic hydroxyl groups is 1. The fraction of sp³-hybridized carbons (Fsp3) is 0.871. The van der Waals surface area contributed by atoms with E-state index in [9.17, 15) is 14.7 Å². The topological polar surface area (TPSA) is 82.1 Å². The Balaban J connectivity index is 1.28. The van der Waals surface area contributed by atoms with Gasteiger partial charge >= 0.3 is 11.9 Å². The minimum absolute atomic E-state index is 0.0386. The Labute approximate surface area is 222 Å². The lowest BCUT2D eigenvalue weighted by Crippen LogP contribution is -2.52. The molecular weight excluding hydrogens is 468 g/mol. The SMILES string of the molecule is CC(=O)OC[C@@H](C)CC[C@@]1(O)O[C@H]2C[C@H]3[C@@H]4CC=C5C[C@@H](OC(C)=O)CC[C@]5(C)[C@H]4CC[C@]3(C)[C@H]2[C@@H]1C. The van der Waals surface area contributed by atoms with Crippen molar-refractivity contribution < 1.29 is 28.9 Å². The van der Waals surface area contributed by atoms with Crippen LogP contribution in [-0.2, 0) is 23.8 Å². The molecule has 6 heteroatoms. The van der Waals surface area contributed by atoms with Gasteiger partial charge in [0.25, 0.3) is 0 Å². The second kappa shape index (κ2) is 9.66. The Hall–Kier alpha value is -1.40. The molecule has 4 fully saturated rings. The normalized spacial score (nSPS) is 47.1. The summed E-state index contributed by atoms with van der Waals surface area (Å²) in [6.45, 7) is 12.6. The maximum absolute atomic E-state index is 11.6. The van der Waals surface area contributed by atoms with Crippen molar-refractivity contribution in [2.75, 3.05) is 6.61 Å². The Morgan fingerprint density at radius 1 is 1.16 bits per heavy atom. The average molecular weight is 517 g/mol. The van der Waals surface area contributed by atoms with Crippen molar-refractivity contribution in [2.45, 2.75) is 117 Å². The summed E-state index contributed by atoms with van der Waals surface area (Å²) >= 11 is 0. The van der Waals surface area contributed by atoms with Gasteiger partial charge in [0.05, 0.1) is 12.7 Å². The number of fused-ring (bicyclic) bond motifs is 7. The van der Waals surface area contributed by atoms with Gasteiger partial charge in [-0.05, 0) is 85.4 Å². The minimum Gasteiger partial charge on any atom is -0.466 e. The molecule has 0 aromatic heterocycles. The van der Waals surface area contributed by atoms with E-state index in [0.29, 0.717) is 36.7 Å². The second-order valence-corrected chi connectivity index (χ2v) is 13.8. The number of rotatable bonds is 6. The summed E-state index contributed by atoms with van der Waals surface area (Å²) in [6, 6.07) is 0. The average Bonchev–Trinajstić information content (AvgIpc) is 3.26. The molecule has 0 spiro atoms. The summed E-state index contributed by atoms with van der Waals surface area (Å²) in [5, 5.41) is 11.6. The Bertz CT molecular complexity index is 944. The molecular formula is C31H48O6. The highest BCUT2D eigenvalue weighted by Gasteiger charge is 2.67. The van der Waals surface area contributed by atoms with E-state index in [1.54, 1.807) is 0 Å². The molecule has 208 valence electrons. The molecule has 6 nitrogen and oxygen atoms in total. The van der Waals surface area contributed by atoms with Gasteiger partial charge in [-0.25, -0.2) is 0 Å². The minimum atomic E-state index is -1.09. The van der Waals surface area contributed by atoms with Crippen molar-refractivity contribution in [3.8, 4) is 0 Å². The molecule has 37 heavy (non-hydrogen) atoms. The van der Waals surface area contributed by atoms with E-state index in [1.807, 2.05) is 0 Å². The molecule has 4 aliphatic carbocycles. The van der Waals surface area contributed by atoms with Crippen LogP contribution in [0, 0.1) is 46.3 Å². The van der Waals surface area contributed by atoms with Crippen molar-refractivity contribution in [1.29, 1.82) is 0 Å². The van der Waals surface area contributed by atoms with Gasteiger partial charge in [-0.15, -0.1) is 0 Å². The molecule has 1 aliphatic heterocycles. The first-order chi connectivity index (χ1) is 17.4. The van der Waals surface area contributed by atoms with E-state index in [4.69, 9.17) is 14.2 Å². The summed E-state index contributed by atoms with van der Waals surface area (Å²) in [5.41, 5.74) is 1.93. The zero-order valence-electron chi connectivity index (χ0n) is 23.8. The van der Waals surface area contributed by atoms with Crippen LogP contribution in [0.3, 0.4) is 0 Å². The number of carbonyl (C=O) groups is 2. The summed E-state index contributed by atoms with van der Waals surface area (Å²) in [4.78, 5) is 22.7. The van der Waals surface area contributed by atoms with Gasteiger partial charge in [-0.1, -0.05) is 39.3 Å². The van der Waals surface area contributed by atoms with Crippen molar-refractivity contribution in [2.24, 2.45) is 46.3 Å². The van der Waals surface area contributed by atoms with Crippen LogP contribution >= 0.6 is 0 Å². The van der Waals surface area contributed by atoms with Crippen LogP contribution in [0.4, 0.5) is 0 Å². The predicted octanol–water partition coefficient (Wildman–Crippen LogP) is 5.81. The van der Waals surface area contributed by atoms with E-state index >= 15 is 0 Å². The number of hydrogen-bond donors (Lipinski definition) is 1. The molecule has 11 atom stereocenters. The van der Waals surface area contributed by atoms with Gasteiger partial charge in [0, 0.05) is 32.6 Å². The van der Waals surface area contributed by atoms with Crippen LogP contribution in [0.2, 0.25) is 0 Å². The molecule has 1 heterocycles. The van der Waals surface area contributed by atoms with Gasteiger partial charge in [0.2, 0.25) is 0 Å². The molecule has 0 aromatic carbocycles. The van der Waals surface area contributed by atoms with E-state index in [1.165, 1.54) is 32.3 Å². The Morgan fingerprint density at radius 3 is 2.62 bits per heavy atom. The first-order valence-corrected chi connectivity index (χ1v) is 14.8. The summed E-state index contributed by atoms with van der Waals surface area (Å²) < 4.78 is 17.3. The van der Waals surface area contributed by atoms with Crippen molar-refractivity contribution in [3.63, 3.8) is 0 Å². The Kier molecular flexibility index (Phi) is 7.09. The first-order valence-electron chi connectivity index (χ1n) is 14.8. The quantitative estimate of drug-likeness (QED) is 0.354. The number of carbonyl (C=O) groups excluding carboxylic acids is 2. The molecule has 5 rings (SSSR count). The maximum atomic E-state index is 11.6. The van der Waals surface area contributed by atoms with E-state index < -0.39 is 5.79 Å². The number of hydrogen-bond acceptors (Lipinski definition) is 6. The molecule has 1 N–H and O–H groups in total. The highest BCUT2D eigenvalue weighted by atomic mass is 16.6. The number of esters is 2. The summed E-state index contributed by atoms with van der Waals surface area (Å²) in [7, 11) is 0. The molecule has 1 saturated heterocycles. The monoisotopic (exact) mass is 516 g/mol. The first kappa shape index (κ1) is 27.2. The van der Waals surface area contributed by atoms with Gasteiger partial charge in [-0.2, -0.15) is 0 Å². The lowest BCUT2D eigenvalue weighted by molar-refractivity contribution is -0.220. The fourth-order valence-electron chi connectivity index (χ4n) is 9.74. The third-order valence-corrected chi connectivity index (χ3v) is 11.6. The van der Waals surface area contributed by atoms with E-state index in [2.05, 4.69) is 33.8 Å². The summed E-state index contributed by atoms with van der Waals surface area (Å²) in [5.74, 6) is 1.12. The third kappa shape index (κ3) is 4.58.